The van der Waals surface area contributed by atoms with E-state index in [1.807, 2.05) is 6.07 Å². The highest BCUT2D eigenvalue weighted by Crippen LogP contribution is 2.57. The molecule has 3 heterocycles. The van der Waals surface area contributed by atoms with Gasteiger partial charge in [-0.3, -0.25) is 4.79 Å². The maximum absolute atomic E-state index is 13.3. The number of fused-ring (bicyclic) bond motifs is 3. The Morgan fingerprint density at radius 1 is 0.923 bits per heavy atom. The van der Waals surface area contributed by atoms with Crippen molar-refractivity contribution in [2.45, 2.75) is 18.3 Å². The highest BCUT2D eigenvalue weighted by molar-refractivity contribution is 5.85. The van der Waals surface area contributed by atoms with E-state index in [-0.39, 0.29) is 67.0 Å². The highest BCUT2D eigenvalue weighted by Gasteiger charge is 2.52. The highest BCUT2D eigenvalue weighted by atomic mass is 35.5. The number of phenolic OH excluding ortho intramolecular Hbond substituents is 1. The summed E-state index contributed by atoms with van der Waals surface area (Å²) in [4.78, 5) is 18.2. The number of nitrogens with zero attached hydrogens (tertiary/aromatic N) is 2. The average Bonchev–Trinajstić information content (AvgIpc) is 3.53. The lowest BCUT2D eigenvalue weighted by Gasteiger charge is -2.40. The topological polar surface area (TPSA) is 89.9 Å². The summed E-state index contributed by atoms with van der Waals surface area (Å²) >= 11 is 0. The molecule has 6 rings (SSSR count). The van der Waals surface area contributed by atoms with Gasteiger partial charge in [-0.1, -0.05) is 0 Å². The van der Waals surface area contributed by atoms with Crippen molar-refractivity contribution in [3.05, 3.63) is 41.0 Å². The van der Waals surface area contributed by atoms with Crippen LogP contribution in [0, 0.1) is 11.8 Å². The molecular weight excluding hydrogens is 547 g/mol. The van der Waals surface area contributed by atoms with E-state index in [2.05, 4.69) is 22.9 Å². The lowest BCUT2D eigenvalue weighted by Crippen LogP contribution is -2.45. The summed E-state index contributed by atoms with van der Waals surface area (Å²) in [6.45, 7) is 5.79. The Hall–Kier alpha value is -2.59. The van der Waals surface area contributed by atoms with Crippen LogP contribution in [0.25, 0.3) is 0 Å². The summed E-state index contributed by atoms with van der Waals surface area (Å²) in [5.41, 5.74) is 3.04. The Labute approximate surface area is 241 Å². The Morgan fingerprint density at radius 2 is 1.54 bits per heavy atom. The van der Waals surface area contributed by atoms with Crippen LogP contribution in [-0.2, 0) is 9.53 Å². The minimum absolute atomic E-state index is 0. The number of cyclic esters (lactones) is 1. The van der Waals surface area contributed by atoms with Gasteiger partial charge in [-0.2, -0.15) is 0 Å². The molecule has 4 atom stereocenters. The molecule has 1 aliphatic carbocycles. The van der Waals surface area contributed by atoms with Crippen LogP contribution in [0.3, 0.4) is 0 Å². The van der Waals surface area contributed by atoms with Crippen LogP contribution in [0.1, 0.15) is 34.9 Å². The molecule has 0 amide bonds. The first kappa shape index (κ1) is 29.4. The number of halogens is 2. The number of methoxy groups -OCH3 is 2. The summed E-state index contributed by atoms with van der Waals surface area (Å²) < 4.78 is 28.2. The molecule has 1 unspecified atom stereocenters. The van der Waals surface area contributed by atoms with Crippen molar-refractivity contribution in [3.8, 4) is 28.7 Å². The van der Waals surface area contributed by atoms with E-state index in [1.165, 1.54) is 19.8 Å². The molecule has 11 heteroatoms. The minimum atomic E-state index is -0.357. The predicted molar refractivity (Wildman–Crippen MR) is 149 cm³/mol. The monoisotopic (exact) mass is 582 g/mol. The van der Waals surface area contributed by atoms with Crippen molar-refractivity contribution < 1.29 is 33.6 Å². The number of benzene rings is 2. The molecule has 1 N–H and O–H groups in total. The fraction of sp³-hybridized carbons (Fsp3) is 0.536. The SMILES string of the molecule is COc1cc([C@@H]2c3cc4c(cc3[C@@H](CCN3CCN(C)CC3)C3COC(=O)[C@@H]32)OCO4)cc(OC)c1O.Cl.Cl. The molecule has 0 aromatic heterocycles. The van der Waals surface area contributed by atoms with Gasteiger partial charge in [0.2, 0.25) is 12.5 Å². The van der Waals surface area contributed by atoms with E-state index in [0.29, 0.717) is 23.9 Å². The van der Waals surface area contributed by atoms with Crippen molar-refractivity contribution in [1.29, 1.82) is 0 Å². The Morgan fingerprint density at radius 3 is 2.15 bits per heavy atom. The Kier molecular flexibility index (Phi) is 8.95. The van der Waals surface area contributed by atoms with Crippen molar-refractivity contribution >= 4 is 30.8 Å². The fourth-order valence-electron chi connectivity index (χ4n) is 6.53. The van der Waals surface area contributed by atoms with Crippen LogP contribution in [0.5, 0.6) is 28.7 Å². The van der Waals surface area contributed by atoms with E-state index in [1.54, 1.807) is 12.1 Å². The molecule has 0 radical (unpaired) electrons. The third kappa shape index (κ3) is 5.17. The number of phenols is 1. The zero-order valence-electron chi connectivity index (χ0n) is 22.4. The summed E-state index contributed by atoms with van der Waals surface area (Å²) in [7, 11) is 5.18. The number of esters is 1. The average molecular weight is 584 g/mol. The molecule has 0 spiro atoms. The second kappa shape index (κ2) is 11.9. The van der Waals surface area contributed by atoms with Gasteiger partial charge in [-0.15, -0.1) is 24.8 Å². The van der Waals surface area contributed by atoms with E-state index in [9.17, 15) is 9.90 Å². The second-order valence-corrected chi connectivity index (χ2v) is 10.4. The standard InChI is InChI=1S/C28H34N2O7.2ClH/c1-29-6-8-30(9-7-29)5-4-17-18-12-21-22(37-15-36-21)13-19(18)25(26-20(17)14-35-28(26)32)16-10-23(33-2)27(31)24(11-16)34-3;;/h10-13,17,20,25-26,31H,4-9,14-15H2,1-3H3;2*1H/t17-,20?,25-,26+;;/m1../s1. The summed E-state index contributed by atoms with van der Waals surface area (Å²) in [6, 6.07) is 7.72. The molecule has 2 aromatic rings. The fourth-order valence-corrected chi connectivity index (χ4v) is 6.53. The van der Waals surface area contributed by atoms with Gasteiger partial charge < -0.3 is 38.6 Å². The molecule has 2 aromatic carbocycles. The van der Waals surface area contributed by atoms with E-state index < -0.39 is 0 Å². The van der Waals surface area contributed by atoms with Gasteiger partial charge in [0.15, 0.2) is 23.0 Å². The minimum Gasteiger partial charge on any atom is -0.502 e. The number of ether oxygens (including phenoxy) is 5. The third-order valence-corrected chi connectivity index (χ3v) is 8.55. The predicted octanol–water partition coefficient (Wildman–Crippen LogP) is 3.64. The molecule has 0 saturated carbocycles. The van der Waals surface area contributed by atoms with E-state index in [4.69, 9.17) is 23.7 Å². The quantitative estimate of drug-likeness (QED) is 0.512. The van der Waals surface area contributed by atoms with Crippen molar-refractivity contribution in [2.75, 3.05) is 67.4 Å². The Bertz CT molecular complexity index is 1180. The molecule has 9 nitrogen and oxygen atoms in total. The number of hydrogen-bond donors (Lipinski definition) is 1. The van der Waals surface area contributed by atoms with Gasteiger partial charge in [0.05, 0.1) is 26.7 Å². The lowest BCUT2D eigenvalue weighted by molar-refractivity contribution is -0.141. The van der Waals surface area contributed by atoms with E-state index >= 15 is 0 Å². The van der Waals surface area contributed by atoms with Crippen molar-refractivity contribution in [3.63, 3.8) is 0 Å². The number of hydrogen-bond acceptors (Lipinski definition) is 9. The summed E-state index contributed by atoms with van der Waals surface area (Å²) in [5.74, 6) is 1.31. The largest absolute Gasteiger partial charge is 0.502 e. The number of rotatable bonds is 6. The Balaban J connectivity index is 0.00000176. The molecule has 3 aliphatic heterocycles. The van der Waals surface area contributed by atoms with Gasteiger partial charge in [0.1, 0.15) is 0 Å². The van der Waals surface area contributed by atoms with Crippen molar-refractivity contribution in [2.24, 2.45) is 11.8 Å². The molecule has 214 valence electrons. The van der Waals surface area contributed by atoms with Crippen LogP contribution in [0.2, 0.25) is 0 Å². The van der Waals surface area contributed by atoms with E-state index in [0.717, 1.165) is 56.0 Å². The van der Waals surface area contributed by atoms with Gasteiger partial charge in [0.25, 0.3) is 0 Å². The van der Waals surface area contributed by atoms with Crippen LogP contribution >= 0.6 is 24.8 Å². The van der Waals surface area contributed by atoms with Crippen LogP contribution in [-0.4, -0.2) is 88.3 Å². The second-order valence-electron chi connectivity index (χ2n) is 10.4. The maximum Gasteiger partial charge on any atom is 0.310 e. The lowest BCUT2D eigenvalue weighted by atomic mass is 9.62. The van der Waals surface area contributed by atoms with Crippen LogP contribution in [0.4, 0.5) is 0 Å². The molecular formula is C28H36Cl2N2O7. The normalized spacial score (nSPS) is 25.6. The van der Waals surface area contributed by atoms with Gasteiger partial charge in [0, 0.05) is 38.0 Å². The first-order valence-electron chi connectivity index (χ1n) is 12.9. The molecule has 2 fully saturated rings. The van der Waals surface area contributed by atoms with Crippen LogP contribution in [0.15, 0.2) is 24.3 Å². The van der Waals surface area contributed by atoms with Gasteiger partial charge in [-0.25, -0.2) is 0 Å². The van der Waals surface area contributed by atoms with Gasteiger partial charge in [-0.05, 0) is 66.9 Å². The summed E-state index contributed by atoms with van der Waals surface area (Å²) in [6.07, 6.45) is 0.934. The first-order valence-corrected chi connectivity index (χ1v) is 12.9. The maximum atomic E-state index is 13.3. The smallest absolute Gasteiger partial charge is 0.310 e. The van der Waals surface area contributed by atoms with Gasteiger partial charge >= 0.3 is 5.97 Å². The molecule has 4 aliphatic rings. The van der Waals surface area contributed by atoms with Crippen molar-refractivity contribution in [1.82, 2.24) is 9.80 Å². The molecule has 0 bridgehead atoms. The number of aromatic hydroxyl groups is 1. The number of carbonyl (C=O) groups is 1. The summed E-state index contributed by atoms with van der Waals surface area (Å²) in [5, 5.41) is 10.5. The molecule has 39 heavy (non-hydrogen) atoms. The molecule has 2 saturated heterocycles. The third-order valence-electron chi connectivity index (χ3n) is 8.55. The number of piperazine rings is 1. The zero-order chi connectivity index (χ0) is 25.7. The van der Waals surface area contributed by atoms with Crippen LogP contribution < -0.4 is 18.9 Å². The zero-order valence-corrected chi connectivity index (χ0v) is 24.0. The first-order chi connectivity index (χ1) is 18.0. The number of likely N-dealkylation sites (N-methyl/N-ethyl adjacent to an activating group) is 1. The number of carbonyl (C=O) groups excluding carboxylic acids is 1.